The number of piperidine rings is 1. The fourth-order valence-electron chi connectivity index (χ4n) is 3.42. The summed E-state index contributed by atoms with van der Waals surface area (Å²) in [6.07, 6.45) is 1.25. The summed E-state index contributed by atoms with van der Waals surface area (Å²) in [6, 6.07) is 19.5. The zero-order chi connectivity index (χ0) is 19.8. The molecule has 0 unspecified atom stereocenters. The van der Waals surface area contributed by atoms with Crippen molar-refractivity contribution in [3.63, 3.8) is 0 Å². The van der Waals surface area contributed by atoms with E-state index in [1.807, 2.05) is 48.5 Å². The van der Waals surface area contributed by atoms with Crippen LogP contribution in [0.4, 0.5) is 10.5 Å². The first-order chi connectivity index (χ1) is 13.7. The Labute approximate surface area is 165 Å². The van der Waals surface area contributed by atoms with Gasteiger partial charge in [-0.25, -0.2) is 4.79 Å². The molecular formula is C22H25N3O3. The first-order valence-electron chi connectivity index (χ1n) is 9.41. The molecule has 1 saturated heterocycles. The van der Waals surface area contributed by atoms with Crippen molar-refractivity contribution in [2.45, 2.75) is 18.3 Å². The van der Waals surface area contributed by atoms with E-state index in [1.165, 1.54) is 0 Å². The number of amides is 2. The number of nitrogens with zero attached hydrogens (tertiary/aromatic N) is 2. The Balaban J connectivity index is 1.58. The highest BCUT2D eigenvalue weighted by Crippen LogP contribution is 2.35. The third-order valence-electron chi connectivity index (χ3n) is 5.09. The quantitative estimate of drug-likeness (QED) is 0.775. The molecule has 2 aromatic carbocycles. The summed E-state index contributed by atoms with van der Waals surface area (Å²) in [6.45, 7) is 2.04. The van der Waals surface area contributed by atoms with Crippen LogP contribution < -0.4 is 10.1 Å². The molecule has 0 radical (unpaired) electrons. The Morgan fingerprint density at radius 3 is 2.57 bits per heavy atom. The van der Waals surface area contributed by atoms with E-state index in [-0.39, 0.29) is 6.03 Å². The zero-order valence-corrected chi connectivity index (χ0v) is 16.1. The first-order valence-corrected chi connectivity index (χ1v) is 9.41. The highest BCUT2D eigenvalue weighted by Gasteiger charge is 2.37. The third kappa shape index (κ3) is 4.62. The van der Waals surface area contributed by atoms with Crippen LogP contribution >= 0.6 is 0 Å². The Kier molecular flexibility index (Phi) is 6.51. The van der Waals surface area contributed by atoms with Crippen molar-refractivity contribution >= 4 is 11.7 Å². The van der Waals surface area contributed by atoms with Crippen LogP contribution in [-0.2, 0) is 10.2 Å². The monoisotopic (exact) mass is 379 g/mol. The molecule has 0 saturated carbocycles. The van der Waals surface area contributed by atoms with Gasteiger partial charge >= 0.3 is 6.03 Å². The smallest absolute Gasteiger partial charge is 0.321 e. The summed E-state index contributed by atoms with van der Waals surface area (Å²) in [5, 5.41) is 12.7. The van der Waals surface area contributed by atoms with Crippen LogP contribution in [0.5, 0.6) is 5.75 Å². The van der Waals surface area contributed by atoms with Crippen molar-refractivity contribution in [1.29, 1.82) is 5.26 Å². The van der Waals surface area contributed by atoms with Gasteiger partial charge in [0, 0.05) is 32.0 Å². The summed E-state index contributed by atoms with van der Waals surface area (Å²) in [5.74, 6) is 0.682. The lowest BCUT2D eigenvalue weighted by atomic mass is 9.74. The molecule has 1 fully saturated rings. The van der Waals surface area contributed by atoms with Gasteiger partial charge in [-0.1, -0.05) is 36.4 Å². The van der Waals surface area contributed by atoms with Crippen LogP contribution in [0.15, 0.2) is 54.6 Å². The molecule has 146 valence electrons. The van der Waals surface area contributed by atoms with Gasteiger partial charge in [0.25, 0.3) is 0 Å². The number of likely N-dealkylation sites (tertiary alicyclic amines) is 1. The molecule has 0 spiro atoms. The minimum Gasteiger partial charge on any atom is -0.491 e. The summed E-state index contributed by atoms with van der Waals surface area (Å²) < 4.78 is 10.6. The second-order valence-corrected chi connectivity index (χ2v) is 6.85. The van der Waals surface area contributed by atoms with E-state index in [2.05, 4.69) is 11.4 Å². The second kappa shape index (κ2) is 9.25. The number of hydrogen-bond donors (Lipinski definition) is 1. The van der Waals surface area contributed by atoms with Crippen LogP contribution in [0.3, 0.4) is 0 Å². The maximum Gasteiger partial charge on any atom is 0.321 e. The van der Waals surface area contributed by atoms with Crippen LogP contribution in [0.25, 0.3) is 0 Å². The number of methoxy groups -OCH3 is 1. The largest absolute Gasteiger partial charge is 0.491 e. The highest BCUT2D eigenvalue weighted by atomic mass is 16.5. The highest BCUT2D eigenvalue weighted by molar-refractivity contribution is 5.89. The van der Waals surface area contributed by atoms with Gasteiger partial charge in [-0.15, -0.1) is 0 Å². The van der Waals surface area contributed by atoms with E-state index in [1.54, 1.807) is 18.1 Å². The number of carbonyl (C=O) groups is 1. The fraction of sp³-hybridized carbons (Fsp3) is 0.364. The molecule has 0 atom stereocenters. The Morgan fingerprint density at radius 2 is 1.89 bits per heavy atom. The lowest BCUT2D eigenvalue weighted by Crippen LogP contribution is -2.46. The molecule has 1 heterocycles. The van der Waals surface area contributed by atoms with Gasteiger partial charge in [0.1, 0.15) is 12.4 Å². The van der Waals surface area contributed by atoms with E-state index in [9.17, 15) is 10.1 Å². The van der Waals surface area contributed by atoms with E-state index in [4.69, 9.17) is 9.47 Å². The zero-order valence-electron chi connectivity index (χ0n) is 16.1. The summed E-state index contributed by atoms with van der Waals surface area (Å²) >= 11 is 0. The third-order valence-corrected chi connectivity index (χ3v) is 5.09. The van der Waals surface area contributed by atoms with Crippen molar-refractivity contribution in [1.82, 2.24) is 4.90 Å². The normalized spacial score (nSPS) is 15.5. The molecule has 2 aromatic rings. The second-order valence-electron chi connectivity index (χ2n) is 6.85. The average molecular weight is 379 g/mol. The minimum absolute atomic E-state index is 0.159. The van der Waals surface area contributed by atoms with E-state index < -0.39 is 5.41 Å². The van der Waals surface area contributed by atoms with Crippen LogP contribution in [0, 0.1) is 11.3 Å². The van der Waals surface area contributed by atoms with Gasteiger partial charge in [-0.2, -0.15) is 5.26 Å². The molecule has 28 heavy (non-hydrogen) atoms. The SMILES string of the molecule is COCCOc1cccc(NC(=O)N2CCC(C#N)(c3ccccc3)CC2)c1. The van der Waals surface area contributed by atoms with Crippen LogP contribution in [0.2, 0.25) is 0 Å². The molecule has 0 bridgehead atoms. The van der Waals surface area contributed by atoms with Crippen molar-refractivity contribution in [3.8, 4) is 11.8 Å². The number of nitrogens with one attached hydrogen (secondary N) is 1. The average Bonchev–Trinajstić information content (AvgIpc) is 2.75. The molecule has 6 nitrogen and oxygen atoms in total. The number of nitriles is 1. The summed E-state index contributed by atoms with van der Waals surface area (Å²) in [5.41, 5.74) is 1.19. The molecule has 1 N–H and O–H groups in total. The Bertz CT molecular complexity index is 824. The summed E-state index contributed by atoms with van der Waals surface area (Å²) in [7, 11) is 1.62. The number of carbonyl (C=O) groups excluding carboxylic acids is 1. The van der Waals surface area contributed by atoms with Gasteiger partial charge in [-0.05, 0) is 30.5 Å². The lowest BCUT2D eigenvalue weighted by Gasteiger charge is -2.37. The van der Waals surface area contributed by atoms with E-state index >= 15 is 0 Å². The van der Waals surface area contributed by atoms with Gasteiger partial charge in [0.2, 0.25) is 0 Å². The Hall–Kier alpha value is -3.04. The predicted molar refractivity (Wildman–Crippen MR) is 107 cm³/mol. The van der Waals surface area contributed by atoms with Gasteiger partial charge < -0.3 is 19.7 Å². The van der Waals surface area contributed by atoms with Gasteiger partial charge in [0.05, 0.1) is 18.1 Å². The van der Waals surface area contributed by atoms with Crippen molar-refractivity contribution in [3.05, 3.63) is 60.2 Å². The first kappa shape index (κ1) is 19.7. The number of rotatable bonds is 6. The molecular weight excluding hydrogens is 354 g/mol. The lowest BCUT2D eigenvalue weighted by molar-refractivity contribution is 0.146. The van der Waals surface area contributed by atoms with Crippen molar-refractivity contribution in [2.75, 3.05) is 38.7 Å². The molecule has 1 aliphatic rings. The standard InChI is InChI=1S/C22H25N3O3/c1-27-14-15-28-20-9-5-8-19(16-20)24-21(26)25-12-10-22(17-23,11-13-25)18-6-3-2-4-7-18/h2-9,16H,10-15H2,1H3,(H,24,26). The number of ether oxygens (including phenoxy) is 2. The molecule has 1 aliphatic heterocycles. The molecule has 2 amide bonds. The fourth-order valence-corrected chi connectivity index (χ4v) is 3.42. The van der Waals surface area contributed by atoms with Crippen molar-refractivity contribution in [2.24, 2.45) is 0 Å². The number of anilines is 1. The molecule has 3 rings (SSSR count). The summed E-state index contributed by atoms with van der Waals surface area (Å²) in [4.78, 5) is 14.4. The topological polar surface area (TPSA) is 74.6 Å². The van der Waals surface area contributed by atoms with Crippen molar-refractivity contribution < 1.29 is 14.3 Å². The molecule has 0 aromatic heterocycles. The van der Waals surface area contributed by atoms with Crippen LogP contribution in [-0.4, -0.2) is 44.3 Å². The maximum absolute atomic E-state index is 12.6. The Morgan fingerprint density at radius 1 is 1.14 bits per heavy atom. The van der Waals surface area contributed by atoms with E-state index in [0.29, 0.717) is 50.6 Å². The van der Waals surface area contributed by atoms with Gasteiger partial charge in [0.15, 0.2) is 0 Å². The van der Waals surface area contributed by atoms with Gasteiger partial charge in [-0.3, -0.25) is 0 Å². The predicted octanol–water partition coefficient (Wildman–Crippen LogP) is 3.80. The number of urea groups is 1. The van der Waals surface area contributed by atoms with E-state index in [0.717, 1.165) is 5.56 Å². The molecule has 0 aliphatic carbocycles. The number of hydrogen-bond acceptors (Lipinski definition) is 4. The maximum atomic E-state index is 12.6. The minimum atomic E-state index is -0.521. The van der Waals surface area contributed by atoms with Crippen LogP contribution in [0.1, 0.15) is 18.4 Å². The molecule has 6 heteroatoms. The number of benzene rings is 2.